The van der Waals surface area contributed by atoms with Crippen LogP contribution in [0.5, 0.6) is 0 Å². The highest BCUT2D eigenvalue weighted by Crippen LogP contribution is 2.44. The Morgan fingerprint density at radius 1 is 1.46 bits per heavy atom. The number of hydrogen-bond acceptors (Lipinski definition) is 3. The summed E-state index contributed by atoms with van der Waals surface area (Å²) in [6, 6.07) is -0.335. The molecule has 0 spiro atoms. The molecule has 0 amide bonds. The van der Waals surface area contributed by atoms with Crippen LogP contribution in [0.15, 0.2) is 6.20 Å². The number of aromatic amines is 1. The lowest BCUT2D eigenvalue weighted by atomic mass is 9.69. The number of carbonyl (C=O) groups excluding carboxylic acids is 1. The van der Waals surface area contributed by atoms with Gasteiger partial charge in [0.15, 0.2) is 11.6 Å². The molecule has 1 aliphatic carbocycles. The predicted octanol–water partition coefficient (Wildman–Crippen LogP) is 3.43. The number of carboxylic acid groups (broad SMARTS) is 1. The number of alkyl halides is 2. The predicted molar refractivity (Wildman–Crippen MR) is 88.9 cm³/mol. The number of nitrogens with one attached hydrogen (secondary N) is 1. The Morgan fingerprint density at radius 2 is 2.12 bits per heavy atom. The minimum atomic E-state index is -3.25. The average Bonchev–Trinajstić information content (AvgIpc) is 3.01. The summed E-state index contributed by atoms with van der Waals surface area (Å²) >= 11 is 0. The number of esters is 1. The molecule has 6 nitrogen and oxygen atoms in total. The maximum atomic E-state index is 14.5. The van der Waals surface area contributed by atoms with Gasteiger partial charge in [0.25, 0.3) is 5.69 Å². The Morgan fingerprint density at radius 3 is 2.62 bits per heavy atom. The molecule has 0 aromatic carbocycles. The molecule has 8 heteroatoms. The first-order valence-corrected chi connectivity index (χ1v) is 8.99. The number of nitrogens with zero attached hydrogens (tertiary/aromatic N) is 1. The molecule has 1 heterocycles. The molecule has 0 radical (unpaired) electrons. The molecule has 2 N–H and O–H groups in total. The molecule has 0 bridgehead atoms. The second-order valence-corrected chi connectivity index (χ2v) is 7.34. The van der Waals surface area contributed by atoms with Crippen LogP contribution < -0.4 is 4.68 Å². The number of halogens is 2. The van der Waals surface area contributed by atoms with Gasteiger partial charge in [0.2, 0.25) is 0 Å². The fourth-order valence-electron chi connectivity index (χ4n) is 3.94. The van der Waals surface area contributed by atoms with E-state index in [0.717, 1.165) is 6.20 Å². The molecule has 1 fully saturated rings. The van der Waals surface area contributed by atoms with E-state index in [4.69, 9.17) is 4.74 Å². The van der Waals surface area contributed by atoms with E-state index in [1.54, 1.807) is 6.92 Å². The lowest BCUT2D eigenvalue weighted by Gasteiger charge is -2.36. The van der Waals surface area contributed by atoms with Gasteiger partial charge in [0, 0.05) is 18.8 Å². The summed E-state index contributed by atoms with van der Waals surface area (Å²) in [5.74, 6) is -5.01. The summed E-state index contributed by atoms with van der Waals surface area (Å²) in [7, 11) is 0. The third kappa shape index (κ3) is 3.59. The number of hydrogen-bond donors (Lipinski definition) is 2. The van der Waals surface area contributed by atoms with Gasteiger partial charge in [-0.05, 0) is 26.7 Å². The molecule has 0 unspecified atom stereocenters. The van der Waals surface area contributed by atoms with Crippen LogP contribution in [0.2, 0.25) is 0 Å². The molecule has 0 saturated heterocycles. The number of carboxylic acids is 1. The minimum Gasteiger partial charge on any atom is -0.477 e. The Labute approximate surface area is 151 Å². The van der Waals surface area contributed by atoms with E-state index in [1.807, 2.05) is 13.8 Å². The Bertz CT molecular complexity index is 689. The summed E-state index contributed by atoms with van der Waals surface area (Å²) < 4.78 is 35.4. The summed E-state index contributed by atoms with van der Waals surface area (Å²) in [5, 5.41) is 12.0. The van der Waals surface area contributed by atoms with Crippen molar-refractivity contribution in [1.82, 2.24) is 5.10 Å². The van der Waals surface area contributed by atoms with Crippen LogP contribution in [0.25, 0.3) is 0 Å². The quantitative estimate of drug-likeness (QED) is 0.591. The zero-order valence-corrected chi connectivity index (χ0v) is 15.6. The second kappa shape index (κ2) is 7.32. The fourth-order valence-corrected chi connectivity index (χ4v) is 3.94. The van der Waals surface area contributed by atoms with E-state index >= 15 is 0 Å². The fraction of sp³-hybridized carbons (Fsp3) is 0.722. The smallest absolute Gasteiger partial charge is 0.344 e. The third-order valence-electron chi connectivity index (χ3n) is 5.39. The van der Waals surface area contributed by atoms with Crippen molar-refractivity contribution in [2.75, 3.05) is 6.61 Å². The van der Waals surface area contributed by atoms with Crippen LogP contribution in [0.4, 0.5) is 8.78 Å². The van der Waals surface area contributed by atoms with Gasteiger partial charge < -0.3 is 9.84 Å². The number of carbonyl (C=O) groups is 2. The van der Waals surface area contributed by atoms with Gasteiger partial charge in [-0.15, -0.1) is 4.68 Å². The maximum Gasteiger partial charge on any atom is 0.344 e. The van der Waals surface area contributed by atoms with E-state index in [9.17, 15) is 23.5 Å². The zero-order valence-electron chi connectivity index (χ0n) is 15.6. The van der Waals surface area contributed by atoms with Crippen molar-refractivity contribution in [2.24, 2.45) is 11.3 Å². The van der Waals surface area contributed by atoms with Gasteiger partial charge in [-0.2, -0.15) is 13.9 Å². The molecule has 26 heavy (non-hydrogen) atoms. The minimum absolute atomic E-state index is 0.102. The molecule has 0 aliphatic heterocycles. The first-order valence-electron chi connectivity index (χ1n) is 8.99. The molecule has 1 aliphatic rings. The van der Waals surface area contributed by atoms with Crippen molar-refractivity contribution in [1.29, 1.82) is 0 Å². The second-order valence-electron chi connectivity index (χ2n) is 7.34. The molecule has 146 valence electrons. The van der Waals surface area contributed by atoms with Crippen molar-refractivity contribution < 1.29 is 32.9 Å². The monoisotopic (exact) mass is 373 g/mol. The summed E-state index contributed by atoms with van der Waals surface area (Å²) in [4.78, 5) is 23.6. The highest BCUT2D eigenvalue weighted by atomic mass is 19.3. The van der Waals surface area contributed by atoms with Crippen LogP contribution in [0, 0.1) is 11.3 Å². The van der Waals surface area contributed by atoms with Crippen LogP contribution >= 0.6 is 0 Å². The van der Waals surface area contributed by atoms with Gasteiger partial charge in [0.05, 0.1) is 18.2 Å². The molecular formula is C18H27F2N2O4+. The van der Waals surface area contributed by atoms with Crippen LogP contribution in [0.1, 0.15) is 75.5 Å². The van der Waals surface area contributed by atoms with Gasteiger partial charge >= 0.3 is 17.9 Å². The molecule has 2 rings (SSSR count). The number of rotatable bonds is 6. The summed E-state index contributed by atoms with van der Waals surface area (Å²) in [5.41, 5.74) is -1.56. The molecule has 1 saturated carbocycles. The number of aromatic nitrogens is 2. The maximum absolute atomic E-state index is 14.5. The topological polar surface area (TPSA) is 83.3 Å². The standard InChI is InChI=1S/C18H26F2N2O4/c1-5-18(19,20)14-12(15(23)24)10-21-22(14)13-7-8-17(4,9-11(13)3)16(25)26-6-2/h10-11,13H,5-9H2,1-4H3,(H,23,24)/p+1/t11-,13+,17-/m0/s1. The molecule has 3 atom stereocenters. The van der Waals surface area contributed by atoms with Crippen molar-refractivity contribution in [3.05, 3.63) is 17.5 Å². The zero-order chi connectivity index (χ0) is 19.7. The Kier molecular flexibility index (Phi) is 5.73. The van der Waals surface area contributed by atoms with Crippen molar-refractivity contribution in [3.63, 3.8) is 0 Å². The lowest BCUT2D eigenvalue weighted by Crippen LogP contribution is -2.54. The molecule has 1 aromatic rings. The van der Waals surface area contributed by atoms with E-state index in [-0.39, 0.29) is 17.9 Å². The summed E-state index contributed by atoms with van der Waals surface area (Å²) in [6.07, 6.45) is 2.09. The molecule has 1 aromatic heterocycles. The Balaban J connectivity index is 2.36. The van der Waals surface area contributed by atoms with Gasteiger partial charge in [-0.25, -0.2) is 4.79 Å². The first kappa shape index (κ1) is 20.3. The number of H-pyrrole nitrogens is 1. The third-order valence-corrected chi connectivity index (χ3v) is 5.39. The number of aromatic carboxylic acids is 1. The highest BCUT2D eigenvalue weighted by molar-refractivity contribution is 5.88. The lowest BCUT2D eigenvalue weighted by molar-refractivity contribution is -0.794. The summed E-state index contributed by atoms with van der Waals surface area (Å²) in [6.45, 7) is 7.10. The van der Waals surface area contributed by atoms with E-state index in [1.165, 1.54) is 11.6 Å². The SMILES string of the molecule is CCOC(=O)[C@@]1(C)CC[C@@H]([n+]2[nH]cc(C(=O)O)c2C(F)(F)CC)[C@@H](C)C1. The average molecular weight is 373 g/mol. The largest absolute Gasteiger partial charge is 0.477 e. The number of ether oxygens (including phenoxy) is 1. The van der Waals surface area contributed by atoms with Crippen molar-refractivity contribution in [3.8, 4) is 0 Å². The van der Waals surface area contributed by atoms with Crippen LogP contribution in [-0.2, 0) is 15.5 Å². The van der Waals surface area contributed by atoms with E-state index < -0.39 is 35.0 Å². The van der Waals surface area contributed by atoms with Crippen LogP contribution in [0.3, 0.4) is 0 Å². The highest BCUT2D eigenvalue weighted by Gasteiger charge is 2.51. The first-order chi connectivity index (χ1) is 12.1. The molecular weight excluding hydrogens is 346 g/mol. The van der Waals surface area contributed by atoms with Gasteiger partial charge in [0.1, 0.15) is 0 Å². The van der Waals surface area contributed by atoms with Crippen molar-refractivity contribution >= 4 is 11.9 Å². The van der Waals surface area contributed by atoms with Gasteiger partial charge in [-0.3, -0.25) is 4.79 Å². The Hall–Kier alpha value is -1.99. The van der Waals surface area contributed by atoms with Crippen LogP contribution in [-0.4, -0.2) is 28.8 Å². The van der Waals surface area contributed by atoms with E-state index in [0.29, 0.717) is 25.9 Å². The van der Waals surface area contributed by atoms with Gasteiger partial charge in [-0.1, -0.05) is 13.8 Å². The van der Waals surface area contributed by atoms with E-state index in [2.05, 4.69) is 5.10 Å². The normalized spacial score (nSPS) is 26.5. The van der Waals surface area contributed by atoms with Crippen molar-refractivity contribution in [2.45, 2.75) is 65.3 Å².